The van der Waals surface area contributed by atoms with E-state index in [1.807, 2.05) is 24.3 Å². The molecule has 5 heteroatoms. The highest BCUT2D eigenvalue weighted by Crippen LogP contribution is 2.19. The first-order valence-electron chi connectivity index (χ1n) is 6.02. The van der Waals surface area contributed by atoms with Gasteiger partial charge in [-0.25, -0.2) is 0 Å². The largest absolute Gasteiger partial charge is 0.338 e. The Hall–Kier alpha value is -1.20. The van der Waals surface area contributed by atoms with Crippen LogP contribution in [0.5, 0.6) is 0 Å². The second-order valence-electron chi connectivity index (χ2n) is 4.21. The molecular weight excluding hydrogens is 294 g/mol. The zero-order valence-corrected chi connectivity index (χ0v) is 11.9. The van der Waals surface area contributed by atoms with Crippen molar-refractivity contribution in [3.05, 3.63) is 46.0 Å². The number of nitrogens with two attached hydrogens (primary N) is 1. The topological polar surface area (TPSA) is 64.9 Å². The van der Waals surface area contributed by atoms with E-state index in [-0.39, 0.29) is 6.04 Å². The van der Waals surface area contributed by atoms with E-state index in [1.54, 1.807) is 0 Å². The molecule has 0 saturated carbocycles. The third kappa shape index (κ3) is 3.17. The van der Waals surface area contributed by atoms with Gasteiger partial charge in [-0.3, -0.25) is 0 Å². The average molecular weight is 310 g/mol. The molecule has 0 aliphatic carbocycles. The molecule has 0 bridgehead atoms. The van der Waals surface area contributed by atoms with Crippen molar-refractivity contribution in [3.8, 4) is 0 Å². The normalized spacial score (nSPS) is 12.6. The molecule has 0 spiro atoms. The Morgan fingerprint density at radius 2 is 2.17 bits per heavy atom. The summed E-state index contributed by atoms with van der Waals surface area (Å²) in [7, 11) is 0. The van der Waals surface area contributed by atoms with Gasteiger partial charge in [0.15, 0.2) is 5.82 Å². The minimum atomic E-state index is -0.157. The minimum Gasteiger partial charge on any atom is -0.338 e. The van der Waals surface area contributed by atoms with E-state index in [1.165, 1.54) is 0 Å². The number of rotatable bonds is 5. The average Bonchev–Trinajstić information content (AvgIpc) is 2.81. The number of nitrogens with zero attached hydrogens (tertiary/aromatic N) is 2. The van der Waals surface area contributed by atoms with Gasteiger partial charge in [-0.05, 0) is 18.1 Å². The van der Waals surface area contributed by atoms with Crippen molar-refractivity contribution in [2.45, 2.75) is 32.2 Å². The molecule has 0 aliphatic heterocycles. The number of aromatic nitrogens is 2. The molecule has 2 N–H and O–H groups in total. The van der Waals surface area contributed by atoms with Crippen LogP contribution in [0, 0.1) is 0 Å². The van der Waals surface area contributed by atoms with Crippen LogP contribution < -0.4 is 5.73 Å². The van der Waals surface area contributed by atoms with Crippen LogP contribution >= 0.6 is 15.9 Å². The molecule has 1 aromatic carbocycles. The monoisotopic (exact) mass is 309 g/mol. The Bertz CT molecular complexity index is 512. The SMILES string of the molecule is CCCC(N)c1nc(Cc2ccccc2Br)no1. The third-order valence-electron chi connectivity index (χ3n) is 2.71. The molecule has 2 aromatic rings. The van der Waals surface area contributed by atoms with Gasteiger partial charge < -0.3 is 10.3 Å². The van der Waals surface area contributed by atoms with Crippen LogP contribution in [0.1, 0.15) is 43.1 Å². The zero-order valence-electron chi connectivity index (χ0n) is 10.3. The van der Waals surface area contributed by atoms with Crippen LogP contribution in [-0.4, -0.2) is 10.1 Å². The Morgan fingerprint density at radius 3 is 2.89 bits per heavy atom. The summed E-state index contributed by atoms with van der Waals surface area (Å²) in [5, 5.41) is 3.97. The Morgan fingerprint density at radius 1 is 1.39 bits per heavy atom. The highest BCUT2D eigenvalue weighted by atomic mass is 79.9. The molecule has 0 amide bonds. The van der Waals surface area contributed by atoms with Gasteiger partial charge in [-0.1, -0.05) is 52.6 Å². The highest BCUT2D eigenvalue weighted by Gasteiger charge is 2.14. The van der Waals surface area contributed by atoms with Crippen LogP contribution in [0.2, 0.25) is 0 Å². The first-order valence-corrected chi connectivity index (χ1v) is 6.81. The Kier molecular flexibility index (Phi) is 4.49. The molecular formula is C13H16BrN3O. The van der Waals surface area contributed by atoms with Crippen molar-refractivity contribution < 1.29 is 4.52 Å². The lowest BCUT2D eigenvalue weighted by Gasteiger charge is -2.02. The van der Waals surface area contributed by atoms with Crippen LogP contribution in [0.15, 0.2) is 33.3 Å². The van der Waals surface area contributed by atoms with Gasteiger partial charge in [0.2, 0.25) is 5.89 Å². The number of halogens is 1. The zero-order chi connectivity index (χ0) is 13.0. The van der Waals surface area contributed by atoms with Gasteiger partial charge in [-0.2, -0.15) is 4.98 Å². The van der Waals surface area contributed by atoms with Crippen molar-refractivity contribution >= 4 is 15.9 Å². The van der Waals surface area contributed by atoms with Crippen molar-refractivity contribution in [1.82, 2.24) is 10.1 Å². The molecule has 0 fully saturated rings. The molecule has 2 rings (SSSR count). The van der Waals surface area contributed by atoms with Crippen molar-refractivity contribution in [2.75, 3.05) is 0 Å². The molecule has 1 heterocycles. The van der Waals surface area contributed by atoms with Crippen molar-refractivity contribution in [3.63, 3.8) is 0 Å². The Labute approximate surface area is 115 Å². The lowest BCUT2D eigenvalue weighted by atomic mass is 10.1. The fraction of sp³-hybridized carbons (Fsp3) is 0.385. The Balaban J connectivity index is 2.09. The van der Waals surface area contributed by atoms with E-state index >= 15 is 0 Å². The number of hydrogen-bond donors (Lipinski definition) is 1. The lowest BCUT2D eigenvalue weighted by molar-refractivity contribution is 0.345. The van der Waals surface area contributed by atoms with Gasteiger partial charge in [0.05, 0.1) is 6.04 Å². The predicted octanol–water partition coefficient (Wildman–Crippen LogP) is 3.22. The summed E-state index contributed by atoms with van der Waals surface area (Å²) in [6.45, 7) is 2.08. The van der Waals surface area contributed by atoms with E-state index in [4.69, 9.17) is 10.3 Å². The molecule has 0 radical (unpaired) electrons. The second kappa shape index (κ2) is 6.11. The molecule has 18 heavy (non-hydrogen) atoms. The smallest absolute Gasteiger partial charge is 0.243 e. The standard InChI is InChI=1S/C13H16BrN3O/c1-2-5-11(15)13-16-12(17-18-13)8-9-6-3-4-7-10(9)14/h3-4,6-7,11H,2,5,8,15H2,1H3. The molecule has 96 valence electrons. The van der Waals surface area contributed by atoms with Crippen molar-refractivity contribution in [2.24, 2.45) is 5.73 Å². The highest BCUT2D eigenvalue weighted by molar-refractivity contribution is 9.10. The second-order valence-corrected chi connectivity index (χ2v) is 5.07. The number of hydrogen-bond acceptors (Lipinski definition) is 4. The van der Waals surface area contributed by atoms with Gasteiger partial charge in [-0.15, -0.1) is 0 Å². The summed E-state index contributed by atoms with van der Waals surface area (Å²) in [6, 6.07) is 7.84. The molecule has 0 saturated heterocycles. The van der Waals surface area contributed by atoms with Gasteiger partial charge >= 0.3 is 0 Å². The molecule has 1 aromatic heterocycles. The summed E-state index contributed by atoms with van der Waals surface area (Å²) in [4.78, 5) is 4.34. The minimum absolute atomic E-state index is 0.157. The lowest BCUT2D eigenvalue weighted by Crippen LogP contribution is -2.10. The van der Waals surface area contributed by atoms with E-state index in [9.17, 15) is 0 Å². The molecule has 1 unspecified atom stereocenters. The summed E-state index contributed by atoms with van der Waals surface area (Å²) in [5.74, 6) is 1.20. The van der Waals surface area contributed by atoms with Crippen LogP contribution in [0.25, 0.3) is 0 Å². The van der Waals surface area contributed by atoms with Crippen molar-refractivity contribution in [1.29, 1.82) is 0 Å². The summed E-state index contributed by atoms with van der Waals surface area (Å²) < 4.78 is 6.24. The number of benzene rings is 1. The predicted molar refractivity (Wildman–Crippen MR) is 73.1 cm³/mol. The van der Waals surface area contributed by atoms with Gasteiger partial charge in [0.25, 0.3) is 0 Å². The van der Waals surface area contributed by atoms with E-state index in [0.717, 1.165) is 22.9 Å². The molecule has 0 aliphatic rings. The molecule has 4 nitrogen and oxygen atoms in total. The fourth-order valence-electron chi connectivity index (χ4n) is 1.74. The van der Waals surface area contributed by atoms with Crippen LogP contribution in [-0.2, 0) is 6.42 Å². The maximum absolute atomic E-state index is 5.94. The maximum Gasteiger partial charge on any atom is 0.243 e. The van der Waals surface area contributed by atoms with Crippen LogP contribution in [0.4, 0.5) is 0 Å². The third-order valence-corrected chi connectivity index (χ3v) is 3.48. The fourth-order valence-corrected chi connectivity index (χ4v) is 2.16. The quantitative estimate of drug-likeness (QED) is 0.921. The van der Waals surface area contributed by atoms with Crippen LogP contribution in [0.3, 0.4) is 0 Å². The summed E-state index contributed by atoms with van der Waals surface area (Å²) >= 11 is 3.50. The summed E-state index contributed by atoms with van der Waals surface area (Å²) in [6.07, 6.45) is 2.50. The van der Waals surface area contributed by atoms with Gasteiger partial charge in [0.1, 0.15) is 0 Å². The van der Waals surface area contributed by atoms with E-state index in [2.05, 4.69) is 33.0 Å². The molecule has 1 atom stereocenters. The first kappa shape index (κ1) is 13.2. The van der Waals surface area contributed by atoms with E-state index in [0.29, 0.717) is 18.1 Å². The van der Waals surface area contributed by atoms with Gasteiger partial charge in [0, 0.05) is 10.9 Å². The van der Waals surface area contributed by atoms with E-state index < -0.39 is 0 Å². The summed E-state index contributed by atoms with van der Waals surface area (Å²) in [5.41, 5.74) is 7.07. The first-order chi connectivity index (χ1) is 8.70. The maximum atomic E-state index is 5.94.